The minimum absolute atomic E-state index is 0.0399. The molecule has 0 spiro atoms. The molecule has 2 aromatic rings. The molecule has 0 saturated carbocycles. The van der Waals surface area contributed by atoms with Crippen LogP contribution >= 0.6 is 34.7 Å². The van der Waals surface area contributed by atoms with E-state index in [9.17, 15) is 9.59 Å². The van der Waals surface area contributed by atoms with Crippen LogP contribution in [-0.2, 0) is 11.3 Å². The van der Waals surface area contributed by atoms with Crippen LogP contribution in [-0.4, -0.2) is 66.0 Å². The summed E-state index contributed by atoms with van der Waals surface area (Å²) in [6.07, 6.45) is 2.57. The first kappa shape index (κ1) is 22.9. The molecule has 0 unspecified atom stereocenters. The summed E-state index contributed by atoms with van der Waals surface area (Å²) in [6, 6.07) is 11.0. The number of halogens is 1. The third kappa shape index (κ3) is 6.38. The zero-order valence-electron chi connectivity index (χ0n) is 17.0. The molecule has 1 fully saturated rings. The predicted molar refractivity (Wildman–Crippen MR) is 126 cm³/mol. The van der Waals surface area contributed by atoms with Crippen LogP contribution in [0.15, 0.2) is 36.4 Å². The van der Waals surface area contributed by atoms with Crippen LogP contribution in [0.2, 0.25) is 5.02 Å². The molecule has 1 aliphatic rings. The maximum atomic E-state index is 12.8. The van der Waals surface area contributed by atoms with Gasteiger partial charge >= 0.3 is 6.03 Å². The van der Waals surface area contributed by atoms with Gasteiger partial charge in [0.15, 0.2) is 0 Å². The zero-order chi connectivity index (χ0) is 21.5. The standard InChI is InChI=1S/C21H27ClN4O2S2/c1-29-12-7-18(24-21(23)28)20(27)26-10-8-25(9-11-26)14-17-5-6-19(30-17)15-3-2-4-16(22)13-15/h2-6,13,18H,7-12,14H2,1H3,(H3,23,24,28)/t18-/m0/s1. The van der Waals surface area contributed by atoms with Crippen molar-refractivity contribution in [3.63, 3.8) is 0 Å². The number of amides is 3. The highest BCUT2D eigenvalue weighted by atomic mass is 35.5. The molecule has 6 nitrogen and oxygen atoms in total. The summed E-state index contributed by atoms with van der Waals surface area (Å²) in [6.45, 7) is 3.79. The Morgan fingerprint density at radius 3 is 2.67 bits per heavy atom. The molecule has 3 amide bonds. The largest absolute Gasteiger partial charge is 0.352 e. The van der Waals surface area contributed by atoms with Crippen molar-refractivity contribution in [2.45, 2.75) is 19.0 Å². The van der Waals surface area contributed by atoms with Crippen molar-refractivity contribution in [1.82, 2.24) is 15.1 Å². The highest BCUT2D eigenvalue weighted by molar-refractivity contribution is 7.98. The fourth-order valence-electron chi connectivity index (χ4n) is 3.49. The second kappa shape index (κ2) is 11.0. The summed E-state index contributed by atoms with van der Waals surface area (Å²) in [4.78, 5) is 30.8. The van der Waals surface area contributed by atoms with Crippen molar-refractivity contribution >= 4 is 46.6 Å². The number of nitrogens with zero attached hydrogens (tertiary/aromatic N) is 2. The van der Waals surface area contributed by atoms with E-state index in [-0.39, 0.29) is 5.91 Å². The van der Waals surface area contributed by atoms with E-state index in [0.717, 1.165) is 36.0 Å². The molecule has 2 heterocycles. The number of hydrogen-bond donors (Lipinski definition) is 2. The molecule has 1 aliphatic heterocycles. The highest BCUT2D eigenvalue weighted by Crippen LogP contribution is 2.30. The number of thiophene rings is 1. The van der Waals surface area contributed by atoms with Gasteiger partial charge in [-0.3, -0.25) is 9.69 Å². The Bertz CT molecular complexity index is 868. The zero-order valence-corrected chi connectivity index (χ0v) is 19.4. The molecule has 0 bridgehead atoms. The van der Waals surface area contributed by atoms with E-state index in [4.69, 9.17) is 17.3 Å². The van der Waals surface area contributed by atoms with Gasteiger partial charge in [-0.15, -0.1) is 11.3 Å². The maximum Gasteiger partial charge on any atom is 0.312 e. The second-order valence-corrected chi connectivity index (χ2v) is 9.81. The number of nitrogens with one attached hydrogen (secondary N) is 1. The third-order valence-electron chi connectivity index (χ3n) is 5.06. The van der Waals surface area contributed by atoms with E-state index in [2.05, 4.69) is 28.4 Å². The monoisotopic (exact) mass is 466 g/mol. The Labute approximate surface area is 190 Å². The Hall–Kier alpha value is -1.74. The molecule has 9 heteroatoms. The number of thioether (sulfide) groups is 1. The number of nitrogens with two attached hydrogens (primary N) is 1. The fourth-order valence-corrected chi connectivity index (χ4v) is 5.20. The number of primary amides is 1. The van der Waals surface area contributed by atoms with Gasteiger partial charge in [-0.1, -0.05) is 23.7 Å². The lowest BCUT2D eigenvalue weighted by atomic mass is 10.1. The van der Waals surface area contributed by atoms with Gasteiger partial charge in [0, 0.05) is 47.5 Å². The van der Waals surface area contributed by atoms with E-state index in [1.807, 2.05) is 29.4 Å². The van der Waals surface area contributed by atoms with Gasteiger partial charge in [-0.05, 0) is 48.3 Å². The van der Waals surface area contributed by atoms with Crippen LogP contribution in [0.5, 0.6) is 0 Å². The van der Waals surface area contributed by atoms with Gasteiger partial charge in [0.1, 0.15) is 6.04 Å². The molecule has 162 valence electrons. The van der Waals surface area contributed by atoms with Gasteiger partial charge in [0.2, 0.25) is 5.91 Å². The van der Waals surface area contributed by atoms with Crippen LogP contribution in [0.4, 0.5) is 4.79 Å². The highest BCUT2D eigenvalue weighted by Gasteiger charge is 2.28. The summed E-state index contributed by atoms with van der Waals surface area (Å²) in [5.41, 5.74) is 6.38. The van der Waals surface area contributed by atoms with Crippen LogP contribution in [0.1, 0.15) is 11.3 Å². The minimum atomic E-state index is -0.652. The normalized spacial score (nSPS) is 15.7. The molecule has 1 aromatic carbocycles. The van der Waals surface area contributed by atoms with Crippen LogP contribution in [0.3, 0.4) is 0 Å². The fraction of sp³-hybridized carbons (Fsp3) is 0.429. The van der Waals surface area contributed by atoms with Gasteiger partial charge in [-0.25, -0.2) is 4.79 Å². The number of carbonyl (C=O) groups is 2. The van der Waals surface area contributed by atoms with Gasteiger partial charge in [-0.2, -0.15) is 11.8 Å². The lowest BCUT2D eigenvalue weighted by Crippen LogP contribution is -2.55. The molecule has 3 N–H and O–H groups in total. The SMILES string of the molecule is CSCC[C@H](NC(N)=O)C(=O)N1CCN(Cc2ccc(-c3cccc(Cl)c3)s2)CC1. The van der Waals surface area contributed by atoms with E-state index < -0.39 is 12.1 Å². The summed E-state index contributed by atoms with van der Waals surface area (Å²) < 4.78 is 0. The van der Waals surface area contributed by atoms with Crippen LogP contribution in [0.25, 0.3) is 10.4 Å². The number of piperazine rings is 1. The number of carbonyl (C=O) groups excluding carboxylic acids is 2. The summed E-state index contributed by atoms with van der Waals surface area (Å²) in [7, 11) is 0. The Kier molecular flexibility index (Phi) is 8.44. The minimum Gasteiger partial charge on any atom is -0.352 e. The maximum absolute atomic E-state index is 12.8. The Morgan fingerprint density at radius 1 is 1.23 bits per heavy atom. The topological polar surface area (TPSA) is 78.7 Å². The lowest BCUT2D eigenvalue weighted by Gasteiger charge is -2.36. The molecule has 1 atom stereocenters. The number of hydrogen-bond acceptors (Lipinski definition) is 5. The summed E-state index contributed by atoms with van der Waals surface area (Å²) >= 11 is 9.53. The van der Waals surface area contributed by atoms with E-state index in [1.54, 1.807) is 23.1 Å². The van der Waals surface area contributed by atoms with Crippen molar-refractivity contribution < 1.29 is 9.59 Å². The summed E-state index contributed by atoms with van der Waals surface area (Å²) in [5.74, 6) is 0.756. The first-order valence-electron chi connectivity index (χ1n) is 9.87. The quantitative estimate of drug-likeness (QED) is 0.624. The average Bonchev–Trinajstić information content (AvgIpc) is 3.19. The van der Waals surface area contributed by atoms with Crippen molar-refractivity contribution in [3.05, 3.63) is 46.3 Å². The first-order valence-corrected chi connectivity index (χ1v) is 12.5. The van der Waals surface area contributed by atoms with Gasteiger partial charge < -0.3 is 16.0 Å². The predicted octanol–water partition coefficient (Wildman–Crippen LogP) is 3.50. The van der Waals surface area contributed by atoms with Crippen molar-refractivity contribution in [3.8, 4) is 10.4 Å². The molecular weight excluding hydrogens is 440 g/mol. The number of benzene rings is 1. The Balaban J connectivity index is 1.53. The number of rotatable bonds is 8. The van der Waals surface area contributed by atoms with Gasteiger partial charge in [0.25, 0.3) is 0 Å². The summed E-state index contributed by atoms with van der Waals surface area (Å²) in [5, 5.41) is 3.34. The third-order valence-corrected chi connectivity index (χ3v) is 7.06. The molecule has 30 heavy (non-hydrogen) atoms. The molecule has 0 aliphatic carbocycles. The number of urea groups is 1. The molecule has 0 radical (unpaired) electrons. The molecule has 1 saturated heterocycles. The first-order chi connectivity index (χ1) is 14.5. The van der Waals surface area contributed by atoms with E-state index >= 15 is 0 Å². The van der Waals surface area contributed by atoms with Crippen LogP contribution in [0, 0.1) is 0 Å². The van der Waals surface area contributed by atoms with Gasteiger partial charge in [0.05, 0.1) is 0 Å². The van der Waals surface area contributed by atoms with E-state index in [1.165, 1.54) is 9.75 Å². The lowest BCUT2D eigenvalue weighted by molar-refractivity contribution is -0.135. The smallest absolute Gasteiger partial charge is 0.312 e. The van der Waals surface area contributed by atoms with Crippen molar-refractivity contribution in [2.75, 3.05) is 38.2 Å². The van der Waals surface area contributed by atoms with E-state index in [0.29, 0.717) is 19.5 Å². The van der Waals surface area contributed by atoms with Crippen molar-refractivity contribution in [1.29, 1.82) is 0 Å². The van der Waals surface area contributed by atoms with Crippen molar-refractivity contribution in [2.24, 2.45) is 5.73 Å². The second-order valence-electron chi connectivity index (χ2n) is 7.22. The average molecular weight is 467 g/mol. The van der Waals surface area contributed by atoms with Crippen LogP contribution < -0.4 is 11.1 Å². The molecular formula is C21H27ClN4O2S2. The molecule has 3 rings (SSSR count). The molecule has 1 aromatic heterocycles. The Morgan fingerprint density at radius 2 is 2.00 bits per heavy atom.